The molecule has 0 saturated carbocycles. The Labute approximate surface area is 131 Å². The van der Waals surface area contributed by atoms with Crippen LogP contribution >= 0.6 is 0 Å². The van der Waals surface area contributed by atoms with Crippen LogP contribution in [0.1, 0.15) is 16.8 Å². The van der Waals surface area contributed by atoms with E-state index in [9.17, 15) is 19.7 Å². The fourth-order valence-corrected chi connectivity index (χ4v) is 2.13. The number of ketones is 1. The van der Waals surface area contributed by atoms with Crippen LogP contribution in [0.25, 0.3) is 0 Å². The summed E-state index contributed by atoms with van der Waals surface area (Å²) < 4.78 is 0. The predicted molar refractivity (Wildman–Crippen MR) is 81.1 cm³/mol. The summed E-state index contributed by atoms with van der Waals surface area (Å²) in [6.07, 6.45) is 2.36. The van der Waals surface area contributed by atoms with Gasteiger partial charge in [0.25, 0.3) is 5.69 Å². The zero-order valence-electron chi connectivity index (χ0n) is 12.1. The van der Waals surface area contributed by atoms with Crippen LogP contribution in [0.2, 0.25) is 0 Å². The molecule has 0 aliphatic heterocycles. The van der Waals surface area contributed by atoms with Crippen molar-refractivity contribution < 1.29 is 19.6 Å². The summed E-state index contributed by atoms with van der Waals surface area (Å²) in [5.74, 6) is -2.39. The molecule has 7 nitrogen and oxygen atoms in total. The molecule has 7 heteroatoms. The Morgan fingerprint density at radius 2 is 1.87 bits per heavy atom. The van der Waals surface area contributed by atoms with Gasteiger partial charge in [0.2, 0.25) is 5.78 Å². The molecule has 1 N–H and O–H groups in total. The lowest BCUT2D eigenvalue weighted by Gasteiger charge is -2.04. The second-order valence-electron chi connectivity index (χ2n) is 4.95. The maximum Gasteiger partial charge on any atom is 0.372 e. The lowest BCUT2D eigenvalue weighted by molar-refractivity contribution is -0.385. The van der Waals surface area contributed by atoms with Crippen LogP contribution in [-0.2, 0) is 28.9 Å². The van der Waals surface area contributed by atoms with E-state index in [0.29, 0.717) is 24.1 Å². The van der Waals surface area contributed by atoms with Gasteiger partial charge in [-0.2, -0.15) is 0 Å². The van der Waals surface area contributed by atoms with E-state index in [2.05, 4.69) is 4.98 Å². The van der Waals surface area contributed by atoms with Gasteiger partial charge in [-0.3, -0.25) is 19.9 Å². The lowest BCUT2D eigenvalue weighted by Crippen LogP contribution is -2.15. The maximum atomic E-state index is 11.1. The number of benzene rings is 1. The Hall–Kier alpha value is -3.09. The van der Waals surface area contributed by atoms with Gasteiger partial charge in [-0.05, 0) is 24.5 Å². The summed E-state index contributed by atoms with van der Waals surface area (Å²) in [5.41, 5.74) is 1.97. The molecule has 0 spiro atoms. The first-order valence-electron chi connectivity index (χ1n) is 6.89. The second kappa shape index (κ2) is 7.26. The van der Waals surface area contributed by atoms with Crippen molar-refractivity contribution >= 4 is 17.4 Å². The topological polar surface area (TPSA) is 110 Å². The highest BCUT2D eigenvalue weighted by Crippen LogP contribution is 2.19. The molecule has 0 aliphatic rings. The van der Waals surface area contributed by atoms with Crippen LogP contribution in [0, 0.1) is 10.1 Å². The number of aromatic nitrogens is 1. The van der Waals surface area contributed by atoms with Gasteiger partial charge in [0.05, 0.1) is 11.3 Å². The minimum absolute atomic E-state index is 0.0872. The van der Waals surface area contributed by atoms with Crippen LogP contribution in [0.3, 0.4) is 0 Å². The quantitative estimate of drug-likeness (QED) is 0.475. The first-order valence-corrected chi connectivity index (χ1v) is 6.89. The van der Waals surface area contributed by atoms with Gasteiger partial charge in [-0.25, -0.2) is 4.79 Å². The number of pyridine rings is 1. The largest absolute Gasteiger partial charge is 0.475 e. The standard InChI is InChI=1S/C16H14N2O5/c19-15(16(20)21)9-13-8-6-11(10-17-13)5-7-12-3-1-2-4-14(12)18(22)23/h1-4,6,8,10H,5,7,9H2,(H,20,21). The van der Waals surface area contributed by atoms with Gasteiger partial charge in [0, 0.05) is 23.5 Å². The number of nitrogens with zero attached hydrogens (tertiary/aromatic N) is 2. The molecule has 1 aromatic carbocycles. The molecule has 0 fully saturated rings. The number of hydrogen-bond donors (Lipinski definition) is 1. The van der Waals surface area contributed by atoms with E-state index in [1.807, 2.05) is 0 Å². The number of nitro benzene ring substituents is 1. The van der Waals surface area contributed by atoms with Crippen LogP contribution in [0.5, 0.6) is 0 Å². The van der Waals surface area contributed by atoms with Gasteiger partial charge < -0.3 is 5.11 Å². The number of carbonyl (C=O) groups is 2. The molecule has 0 radical (unpaired) electrons. The van der Waals surface area contributed by atoms with Crippen molar-refractivity contribution in [2.45, 2.75) is 19.3 Å². The van der Waals surface area contributed by atoms with Gasteiger partial charge >= 0.3 is 5.97 Å². The molecule has 0 bridgehead atoms. The van der Waals surface area contributed by atoms with Crippen LogP contribution < -0.4 is 0 Å². The van der Waals surface area contributed by atoms with E-state index in [0.717, 1.165) is 5.56 Å². The van der Waals surface area contributed by atoms with E-state index < -0.39 is 16.7 Å². The Balaban J connectivity index is 2.01. The third kappa shape index (κ3) is 4.44. The molecule has 0 saturated heterocycles. The SMILES string of the molecule is O=C(O)C(=O)Cc1ccc(CCc2ccccc2[N+](=O)[O-])cn1. The van der Waals surface area contributed by atoms with Crippen LogP contribution in [0.15, 0.2) is 42.6 Å². The Kier molecular flexibility index (Phi) is 5.14. The van der Waals surface area contributed by atoms with E-state index in [1.165, 1.54) is 6.07 Å². The molecule has 1 heterocycles. The zero-order chi connectivity index (χ0) is 16.8. The zero-order valence-corrected chi connectivity index (χ0v) is 12.1. The summed E-state index contributed by atoms with van der Waals surface area (Å²) in [6.45, 7) is 0. The predicted octanol–water partition coefficient (Wildman–Crippen LogP) is 1.97. The minimum atomic E-state index is -1.48. The lowest BCUT2D eigenvalue weighted by atomic mass is 10.0. The molecule has 0 atom stereocenters. The molecule has 1 aromatic heterocycles. The first kappa shape index (κ1) is 16.3. The van der Waals surface area contributed by atoms with E-state index >= 15 is 0 Å². The average Bonchev–Trinajstić information content (AvgIpc) is 2.54. The number of nitro groups is 1. The summed E-state index contributed by atoms with van der Waals surface area (Å²) in [7, 11) is 0. The van der Waals surface area contributed by atoms with Crippen molar-refractivity contribution in [3.05, 3.63) is 69.5 Å². The molecular weight excluding hydrogens is 300 g/mol. The number of para-hydroxylation sites is 1. The van der Waals surface area contributed by atoms with Gasteiger partial charge in [0.15, 0.2) is 0 Å². The van der Waals surface area contributed by atoms with Gasteiger partial charge in [0.1, 0.15) is 0 Å². The third-order valence-electron chi connectivity index (χ3n) is 3.34. The Morgan fingerprint density at radius 1 is 1.13 bits per heavy atom. The monoisotopic (exact) mass is 314 g/mol. The summed E-state index contributed by atoms with van der Waals surface area (Å²) in [4.78, 5) is 36.2. The summed E-state index contributed by atoms with van der Waals surface area (Å²) in [5, 5.41) is 19.5. The van der Waals surface area contributed by atoms with Crippen molar-refractivity contribution in [1.82, 2.24) is 4.98 Å². The summed E-state index contributed by atoms with van der Waals surface area (Å²) in [6, 6.07) is 9.89. The van der Waals surface area contributed by atoms with Gasteiger partial charge in [-0.15, -0.1) is 0 Å². The molecule has 118 valence electrons. The highest BCUT2D eigenvalue weighted by molar-refractivity contribution is 6.33. The van der Waals surface area contributed by atoms with Crippen molar-refractivity contribution in [2.24, 2.45) is 0 Å². The van der Waals surface area contributed by atoms with Crippen LogP contribution in [-0.4, -0.2) is 26.8 Å². The summed E-state index contributed by atoms with van der Waals surface area (Å²) >= 11 is 0. The Bertz CT molecular complexity index is 740. The molecule has 23 heavy (non-hydrogen) atoms. The van der Waals surface area contributed by atoms with Gasteiger partial charge in [-0.1, -0.05) is 24.3 Å². The highest BCUT2D eigenvalue weighted by Gasteiger charge is 2.14. The molecular formula is C16H14N2O5. The van der Waals surface area contributed by atoms with Crippen molar-refractivity contribution in [2.75, 3.05) is 0 Å². The fourth-order valence-electron chi connectivity index (χ4n) is 2.13. The number of carboxylic acids is 1. The third-order valence-corrected chi connectivity index (χ3v) is 3.34. The van der Waals surface area contributed by atoms with E-state index in [4.69, 9.17) is 5.11 Å². The number of rotatable bonds is 7. The fraction of sp³-hybridized carbons (Fsp3) is 0.188. The normalized spacial score (nSPS) is 10.3. The number of hydrogen-bond acceptors (Lipinski definition) is 5. The maximum absolute atomic E-state index is 11.1. The number of carbonyl (C=O) groups excluding carboxylic acids is 1. The first-order chi connectivity index (χ1) is 11.0. The van der Waals surface area contributed by atoms with Crippen molar-refractivity contribution in [3.8, 4) is 0 Å². The van der Waals surface area contributed by atoms with Crippen molar-refractivity contribution in [3.63, 3.8) is 0 Å². The van der Waals surface area contributed by atoms with E-state index in [1.54, 1.807) is 36.5 Å². The molecule has 2 rings (SSSR count). The molecule has 0 amide bonds. The Morgan fingerprint density at radius 3 is 2.48 bits per heavy atom. The second-order valence-corrected chi connectivity index (χ2v) is 4.95. The molecule has 0 unspecified atom stereocenters. The van der Waals surface area contributed by atoms with Crippen LogP contribution in [0.4, 0.5) is 5.69 Å². The number of aryl methyl sites for hydroxylation is 2. The molecule has 2 aromatic rings. The van der Waals surface area contributed by atoms with Crippen molar-refractivity contribution in [1.29, 1.82) is 0 Å². The highest BCUT2D eigenvalue weighted by atomic mass is 16.6. The smallest absolute Gasteiger partial charge is 0.372 e. The minimum Gasteiger partial charge on any atom is -0.475 e. The number of carboxylic acid groups (broad SMARTS) is 1. The number of aliphatic carboxylic acids is 1. The average molecular weight is 314 g/mol. The van der Waals surface area contributed by atoms with E-state index in [-0.39, 0.29) is 12.1 Å². The number of Topliss-reactive ketones (excluding diaryl/α,β-unsaturated/α-hetero) is 1. The molecule has 0 aliphatic carbocycles.